The quantitative estimate of drug-likeness (QED) is 0.906. The summed E-state index contributed by atoms with van der Waals surface area (Å²) in [4.78, 5) is 2.30. The fourth-order valence-electron chi connectivity index (χ4n) is 2.75. The van der Waals surface area contributed by atoms with Crippen LogP contribution in [0.4, 0.5) is 4.39 Å². The van der Waals surface area contributed by atoms with Crippen molar-refractivity contribution >= 4 is 0 Å². The number of nitrogens with zero attached hydrogens (tertiary/aromatic N) is 2. The smallest absolute Gasteiger partial charge is 0.124 e. The first kappa shape index (κ1) is 14.0. The second-order valence-electron chi connectivity index (χ2n) is 5.05. The van der Waals surface area contributed by atoms with Gasteiger partial charge < -0.3 is 5.11 Å². The summed E-state index contributed by atoms with van der Waals surface area (Å²) in [5.41, 5.74) is 1.28. The fraction of sp³-hybridized carbons (Fsp3) is 0.533. The van der Waals surface area contributed by atoms with E-state index in [1.807, 2.05) is 0 Å². The Balaban J connectivity index is 2.12. The molecule has 19 heavy (non-hydrogen) atoms. The van der Waals surface area contributed by atoms with Gasteiger partial charge in [0.25, 0.3) is 0 Å². The van der Waals surface area contributed by atoms with Gasteiger partial charge in [-0.3, -0.25) is 4.90 Å². The molecule has 0 aromatic heterocycles. The van der Waals surface area contributed by atoms with Gasteiger partial charge in [-0.2, -0.15) is 5.26 Å². The number of aliphatic hydroxyl groups excluding tert-OH is 1. The lowest BCUT2D eigenvalue weighted by molar-refractivity contribution is 0.112. The maximum absolute atomic E-state index is 13.1. The predicted molar refractivity (Wildman–Crippen MR) is 70.9 cm³/mol. The number of aliphatic hydroxyl groups is 1. The Kier molecular flexibility index (Phi) is 4.89. The van der Waals surface area contributed by atoms with Gasteiger partial charge in [0.05, 0.1) is 11.6 Å². The number of benzene rings is 1. The Labute approximate surface area is 113 Å². The summed E-state index contributed by atoms with van der Waals surface area (Å²) in [6.07, 6.45) is 4.19. The van der Waals surface area contributed by atoms with Crippen LogP contribution in [0.15, 0.2) is 18.2 Å². The summed E-state index contributed by atoms with van der Waals surface area (Å²) in [6, 6.07) is 6.82. The summed E-state index contributed by atoms with van der Waals surface area (Å²) in [6.45, 7) is 1.83. The second-order valence-corrected chi connectivity index (χ2v) is 5.05. The summed E-state index contributed by atoms with van der Waals surface area (Å²) < 4.78 is 13.1. The van der Waals surface area contributed by atoms with Gasteiger partial charge in [0.15, 0.2) is 0 Å². The summed E-state index contributed by atoms with van der Waals surface area (Å²) in [5.74, 6) is -0.370. The van der Waals surface area contributed by atoms with Gasteiger partial charge in [-0.05, 0) is 43.5 Å². The first-order valence-electron chi connectivity index (χ1n) is 6.78. The number of piperidine rings is 1. The van der Waals surface area contributed by atoms with Crippen molar-refractivity contribution in [3.63, 3.8) is 0 Å². The molecule has 0 aliphatic carbocycles. The van der Waals surface area contributed by atoms with Gasteiger partial charge in [0, 0.05) is 19.2 Å². The third-order valence-corrected chi connectivity index (χ3v) is 3.78. The number of nitriles is 1. The fourth-order valence-corrected chi connectivity index (χ4v) is 2.75. The monoisotopic (exact) mass is 262 g/mol. The van der Waals surface area contributed by atoms with Crippen LogP contribution in [0.5, 0.6) is 0 Å². The molecule has 1 atom stereocenters. The predicted octanol–water partition coefficient (Wildman–Crippen LogP) is 2.43. The van der Waals surface area contributed by atoms with E-state index in [-0.39, 0.29) is 12.4 Å². The largest absolute Gasteiger partial charge is 0.396 e. The van der Waals surface area contributed by atoms with Gasteiger partial charge in [0.2, 0.25) is 0 Å². The standard InChI is InChI=1S/C15H19FN2O/c16-14-5-4-12(13(9-14)10-17)11-18-7-2-1-3-15(18)6-8-19/h4-5,9,15,19H,1-3,6-8,11H2/t15-/m0/s1. The van der Waals surface area contributed by atoms with E-state index in [2.05, 4.69) is 11.0 Å². The van der Waals surface area contributed by atoms with Crippen LogP contribution in [0.2, 0.25) is 0 Å². The Morgan fingerprint density at radius 1 is 1.42 bits per heavy atom. The first-order chi connectivity index (χ1) is 9.24. The molecule has 2 rings (SSSR count). The van der Waals surface area contributed by atoms with Gasteiger partial charge in [-0.1, -0.05) is 12.5 Å². The molecule has 0 spiro atoms. The van der Waals surface area contributed by atoms with Crippen molar-refractivity contribution in [3.8, 4) is 6.07 Å². The van der Waals surface area contributed by atoms with E-state index >= 15 is 0 Å². The van der Waals surface area contributed by atoms with E-state index in [0.29, 0.717) is 18.2 Å². The van der Waals surface area contributed by atoms with E-state index in [1.54, 1.807) is 6.07 Å². The molecule has 1 heterocycles. The van der Waals surface area contributed by atoms with Crippen molar-refractivity contribution in [2.45, 2.75) is 38.3 Å². The molecule has 1 aromatic rings. The first-order valence-corrected chi connectivity index (χ1v) is 6.78. The van der Waals surface area contributed by atoms with Gasteiger partial charge in [-0.25, -0.2) is 4.39 Å². The van der Waals surface area contributed by atoms with Gasteiger partial charge in [0.1, 0.15) is 5.82 Å². The molecule has 0 bridgehead atoms. The zero-order chi connectivity index (χ0) is 13.7. The van der Waals surface area contributed by atoms with Crippen molar-refractivity contribution in [2.24, 2.45) is 0 Å². The Hall–Kier alpha value is -1.44. The van der Waals surface area contributed by atoms with Crippen LogP contribution in [-0.2, 0) is 6.54 Å². The molecule has 1 saturated heterocycles. The number of halogens is 1. The summed E-state index contributed by atoms with van der Waals surface area (Å²) in [5, 5.41) is 18.2. The third-order valence-electron chi connectivity index (χ3n) is 3.78. The molecule has 102 valence electrons. The van der Waals surface area contributed by atoms with E-state index in [1.165, 1.54) is 18.6 Å². The van der Waals surface area contributed by atoms with E-state index < -0.39 is 0 Å². The van der Waals surface area contributed by atoms with Crippen molar-refractivity contribution in [1.82, 2.24) is 4.90 Å². The highest BCUT2D eigenvalue weighted by Crippen LogP contribution is 2.23. The lowest BCUT2D eigenvalue weighted by Gasteiger charge is -2.35. The maximum atomic E-state index is 13.1. The van der Waals surface area contributed by atoms with Crippen LogP contribution >= 0.6 is 0 Å². The van der Waals surface area contributed by atoms with Crippen molar-refractivity contribution < 1.29 is 9.50 Å². The summed E-state index contributed by atoms with van der Waals surface area (Å²) >= 11 is 0. The van der Waals surface area contributed by atoms with E-state index in [4.69, 9.17) is 10.4 Å². The molecule has 0 saturated carbocycles. The Morgan fingerprint density at radius 3 is 3.00 bits per heavy atom. The zero-order valence-corrected chi connectivity index (χ0v) is 11.0. The molecule has 0 unspecified atom stereocenters. The third kappa shape index (κ3) is 3.52. The number of likely N-dealkylation sites (tertiary alicyclic amines) is 1. The van der Waals surface area contributed by atoms with Crippen molar-refractivity contribution in [3.05, 3.63) is 35.1 Å². The highest BCUT2D eigenvalue weighted by molar-refractivity contribution is 5.37. The highest BCUT2D eigenvalue weighted by Gasteiger charge is 2.22. The Bertz CT molecular complexity index is 468. The normalized spacial score (nSPS) is 20.2. The topological polar surface area (TPSA) is 47.3 Å². The molecule has 0 radical (unpaired) electrons. The van der Waals surface area contributed by atoms with Crippen LogP contribution in [0.3, 0.4) is 0 Å². The van der Waals surface area contributed by atoms with Crippen LogP contribution in [0.1, 0.15) is 36.8 Å². The molecule has 0 amide bonds. The average Bonchev–Trinajstić information content (AvgIpc) is 2.43. The molecule has 1 aliphatic heterocycles. The van der Waals surface area contributed by atoms with Crippen LogP contribution < -0.4 is 0 Å². The summed E-state index contributed by atoms with van der Waals surface area (Å²) in [7, 11) is 0. The number of hydrogen-bond donors (Lipinski definition) is 1. The molecular formula is C15H19FN2O. The van der Waals surface area contributed by atoms with Gasteiger partial charge in [-0.15, -0.1) is 0 Å². The minimum absolute atomic E-state index is 0.190. The minimum atomic E-state index is -0.370. The number of rotatable bonds is 4. The molecule has 1 fully saturated rings. The molecular weight excluding hydrogens is 243 g/mol. The number of hydrogen-bond acceptors (Lipinski definition) is 3. The average molecular weight is 262 g/mol. The van der Waals surface area contributed by atoms with Crippen molar-refractivity contribution in [1.29, 1.82) is 5.26 Å². The molecule has 4 heteroatoms. The Morgan fingerprint density at radius 2 is 2.26 bits per heavy atom. The van der Waals surface area contributed by atoms with Crippen LogP contribution in [0, 0.1) is 17.1 Å². The lowest BCUT2D eigenvalue weighted by atomic mass is 9.98. The van der Waals surface area contributed by atoms with E-state index in [9.17, 15) is 4.39 Å². The lowest BCUT2D eigenvalue weighted by Crippen LogP contribution is -2.39. The van der Waals surface area contributed by atoms with E-state index in [0.717, 1.165) is 31.4 Å². The van der Waals surface area contributed by atoms with Gasteiger partial charge >= 0.3 is 0 Å². The SMILES string of the molecule is N#Cc1cc(F)ccc1CN1CCCC[C@H]1CCO. The maximum Gasteiger partial charge on any atom is 0.124 e. The van der Waals surface area contributed by atoms with Crippen molar-refractivity contribution in [2.75, 3.05) is 13.2 Å². The molecule has 1 aliphatic rings. The van der Waals surface area contributed by atoms with Crippen LogP contribution in [-0.4, -0.2) is 29.2 Å². The molecule has 1 aromatic carbocycles. The second kappa shape index (κ2) is 6.65. The molecule has 1 N–H and O–H groups in total. The van der Waals surface area contributed by atoms with Crippen LogP contribution in [0.25, 0.3) is 0 Å². The highest BCUT2D eigenvalue weighted by atomic mass is 19.1. The minimum Gasteiger partial charge on any atom is -0.396 e. The molecule has 3 nitrogen and oxygen atoms in total. The zero-order valence-electron chi connectivity index (χ0n) is 11.0.